The van der Waals surface area contributed by atoms with Crippen LogP contribution >= 0.6 is 0 Å². The zero-order valence-electron chi connectivity index (χ0n) is 10.4. The normalized spacial score (nSPS) is 12.3. The minimum atomic E-state index is -0.0944. The number of benzene rings is 1. The summed E-state index contributed by atoms with van der Waals surface area (Å²) in [6.45, 7) is 1.51. The van der Waals surface area contributed by atoms with Crippen molar-refractivity contribution in [1.82, 2.24) is 4.90 Å². The van der Waals surface area contributed by atoms with Crippen molar-refractivity contribution in [1.29, 1.82) is 5.26 Å². The van der Waals surface area contributed by atoms with Crippen LogP contribution in [0.2, 0.25) is 0 Å². The van der Waals surface area contributed by atoms with Crippen LogP contribution < -0.4 is 0 Å². The topological polar surface area (TPSA) is 40.2 Å². The number of hydrogen-bond acceptors (Lipinski definition) is 3. The highest BCUT2D eigenvalue weighted by molar-refractivity contribution is 5.25. The molecule has 1 unspecified atom stereocenters. The number of nitriles is 1. The van der Waals surface area contributed by atoms with Crippen molar-refractivity contribution in [2.75, 3.05) is 13.6 Å². The average molecular weight is 240 g/mol. The second-order valence-electron chi connectivity index (χ2n) is 4.42. The van der Waals surface area contributed by atoms with Gasteiger partial charge in [-0.15, -0.1) is 0 Å². The molecular weight excluding hydrogens is 224 g/mol. The summed E-state index contributed by atoms with van der Waals surface area (Å²) in [5, 5.41) is 9.26. The van der Waals surface area contributed by atoms with E-state index in [1.54, 1.807) is 12.5 Å². The molecule has 2 rings (SSSR count). The number of likely N-dealkylation sites (N-methyl/N-ethyl adjacent to an activating group) is 1. The Morgan fingerprint density at radius 2 is 2.06 bits per heavy atom. The molecular formula is C15H16N2O. The molecule has 0 spiro atoms. The smallest absolute Gasteiger partial charge is 0.0947 e. The highest BCUT2D eigenvalue weighted by Gasteiger charge is 2.13. The summed E-state index contributed by atoms with van der Waals surface area (Å²) in [7, 11) is 2.01. The molecule has 0 radical (unpaired) electrons. The lowest BCUT2D eigenvalue weighted by atomic mass is 10.0. The lowest BCUT2D eigenvalue weighted by Gasteiger charge is -2.19. The summed E-state index contributed by atoms with van der Waals surface area (Å²) in [6.07, 6.45) is 3.41. The molecule has 1 atom stereocenters. The first kappa shape index (κ1) is 12.4. The molecule has 92 valence electrons. The van der Waals surface area contributed by atoms with E-state index < -0.39 is 0 Å². The largest absolute Gasteiger partial charge is 0.472 e. The lowest BCUT2D eigenvalue weighted by molar-refractivity contribution is 0.319. The summed E-state index contributed by atoms with van der Waals surface area (Å²) in [5.41, 5.74) is 2.20. The van der Waals surface area contributed by atoms with Crippen LogP contribution in [0.25, 0.3) is 0 Å². The van der Waals surface area contributed by atoms with E-state index >= 15 is 0 Å². The van der Waals surface area contributed by atoms with Gasteiger partial charge in [-0.25, -0.2) is 0 Å². The quantitative estimate of drug-likeness (QED) is 0.806. The van der Waals surface area contributed by atoms with Crippen molar-refractivity contribution in [2.45, 2.75) is 12.5 Å². The highest BCUT2D eigenvalue weighted by Crippen LogP contribution is 2.16. The van der Waals surface area contributed by atoms with Crippen LogP contribution in [0.3, 0.4) is 0 Å². The van der Waals surface area contributed by atoms with Gasteiger partial charge in [-0.1, -0.05) is 30.3 Å². The van der Waals surface area contributed by atoms with E-state index in [1.807, 2.05) is 43.4 Å². The molecule has 0 amide bonds. The van der Waals surface area contributed by atoms with E-state index in [1.165, 1.54) is 0 Å². The third-order valence-corrected chi connectivity index (χ3v) is 2.88. The zero-order valence-corrected chi connectivity index (χ0v) is 10.4. The second-order valence-corrected chi connectivity index (χ2v) is 4.42. The molecule has 0 aliphatic rings. The third-order valence-electron chi connectivity index (χ3n) is 2.88. The Morgan fingerprint density at radius 1 is 1.28 bits per heavy atom. The summed E-state index contributed by atoms with van der Waals surface area (Å²) < 4.78 is 5.04. The van der Waals surface area contributed by atoms with E-state index in [0.717, 1.165) is 17.7 Å². The number of furan rings is 1. The summed E-state index contributed by atoms with van der Waals surface area (Å²) in [5.74, 6) is -0.0944. The first-order chi connectivity index (χ1) is 8.79. The van der Waals surface area contributed by atoms with Crippen molar-refractivity contribution < 1.29 is 4.42 Å². The third kappa shape index (κ3) is 3.22. The van der Waals surface area contributed by atoms with Crippen LogP contribution in [0, 0.1) is 11.3 Å². The van der Waals surface area contributed by atoms with Gasteiger partial charge in [0.05, 0.1) is 24.5 Å². The molecule has 0 bridgehead atoms. The van der Waals surface area contributed by atoms with E-state index in [9.17, 15) is 5.26 Å². The molecule has 3 heteroatoms. The van der Waals surface area contributed by atoms with Gasteiger partial charge >= 0.3 is 0 Å². The summed E-state index contributed by atoms with van der Waals surface area (Å²) in [6, 6.07) is 14.2. The molecule has 3 nitrogen and oxygen atoms in total. The molecule has 0 saturated carbocycles. The van der Waals surface area contributed by atoms with Crippen molar-refractivity contribution in [3.8, 4) is 6.07 Å². The Bertz CT molecular complexity index is 499. The maximum Gasteiger partial charge on any atom is 0.0947 e. The standard InChI is InChI=1S/C15H16N2O/c1-17(10-13-7-8-18-12-13)11-15(9-16)14-5-3-2-4-6-14/h2-8,12,15H,10-11H2,1H3. The monoisotopic (exact) mass is 240 g/mol. The van der Waals surface area contributed by atoms with Crippen molar-refractivity contribution in [2.24, 2.45) is 0 Å². The van der Waals surface area contributed by atoms with Crippen LogP contribution in [0.1, 0.15) is 17.0 Å². The zero-order chi connectivity index (χ0) is 12.8. The van der Waals surface area contributed by atoms with Gasteiger partial charge in [-0.2, -0.15) is 5.26 Å². The fraction of sp³-hybridized carbons (Fsp3) is 0.267. The first-order valence-corrected chi connectivity index (χ1v) is 5.94. The molecule has 18 heavy (non-hydrogen) atoms. The van der Waals surface area contributed by atoms with Crippen molar-refractivity contribution in [3.63, 3.8) is 0 Å². The van der Waals surface area contributed by atoms with Crippen molar-refractivity contribution in [3.05, 3.63) is 60.1 Å². The molecule has 1 aromatic carbocycles. The fourth-order valence-corrected chi connectivity index (χ4v) is 1.98. The molecule has 2 aromatic rings. The Balaban J connectivity index is 1.97. The minimum absolute atomic E-state index is 0.0944. The Morgan fingerprint density at radius 3 is 2.67 bits per heavy atom. The summed E-state index contributed by atoms with van der Waals surface area (Å²) >= 11 is 0. The summed E-state index contributed by atoms with van der Waals surface area (Å²) in [4.78, 5) is 2.13. The maximum atomic E-state index is 9.26. The minimum Gasteiger partial charge on any atom is -0.472 e. The van der Waals surface area contributed by atoms with Gasteiger partial charge in [-0.05, 0) is 18.7 Å². The van der Waals surface area contributed by atoms with Gasteiger partial charge in [0, 0.05) is 18.7 Å². The predicted molar refractivity (Wildman–Crippen MR) is 69.8 cm³/mol. The van der Waals surface area contributed by atoms with E-state index in [-0.39, 0.29) is 5.92 Å². The number of rotatable bonds is 5. The predicted octanol–water partition coefficient (Wildman–Crippen LogP) is 3.02. The fourth-order valence-electron chi connectivity index (χ4n) is 1.98. The van der Waals surface area contributed by atoms with Crippen LogP contribution in [0.15, 0.2) is 53.3 Å². The average Bonchev–Trinajstić information content (AvgIpc) is 2.90. The lowest BCUT2D eigenvalue weighted by Crippen LogP contribution is -2.23. The second kappa shape index (κ2) is 6.04. The van der Waals surface area contributed by atoms with E-state index in [4.69, 9.17) is 4.42 Å². The maximum absolute atomic E-state index is 9.26. The van der Waals surface area contributed by atoms with Crippen LogP contribution in [-0.2, 0) is 6.54 Å². The Hall–Kier alpha value is -2.05. The molecule has 1 heterocycles. The van der Waals surface area contributed by atoms with Crippen LogP contribution in [0.5, 0.6) is 0 Å². The number of nitrogens with zero attached hydrogens (tertiary/aromatic N) is 2. The van der Waals surface area contributed by atoms with Gasteiger partial charge in [0.2, 0.25) is 0 Å². The van der Waals surface area contributed by atoms with Gasteiger partial charge in [-0.3, -0.25) is 0 Å². The molecule has 0 aliphatic heterocycles. The first-order valence-electron chi connectivity index (χ1n) is 5.94. The van der Waals surface area contributed by atoms with E-state index in [0.29, 0.717) is 6.54 Å². The Labute approximate surface area is 107 Å². The molecule has 0 saturated heterocycles. The molecule has 1 aromatic heterocycles. The van der Waals surface area contributed by atoms with Gasteiger partial charge < -0.3 is 9.32 Å². The molecule has 0 fully saturated rings. The van der Waals surface area contributed by atoms with Crippen molar-refractivity contribution >= 4 is 0 Å². The van der Waals surface area contributed by atoms with Crippen LogP contribution in [0.4, 0.5) is 0 Å². The van der Waals surface area contributed by atoms with Gasteiger partial charge in [0.25, 0.3) is 0 Å². The van der Waals surface area contributed by atoms with E-state index in [2.05, 4.69) is 11.0 Å². The molecule has 0 N–H and O–H groups in total. The highest BCUT2D eigenvalue weighted by atomic mass is 16.3. The Kier molecular flexibility index (Phi) is 4.16. The molecule has 0 aliphatic carbocycles. The van der Waals surface area contributed by atoms with Crippen LogP contribution in [-0.4, -0.2) is 18.5 Å². The van der Waals surface area contributed by atoms with Gasteiger partial charge in [0.15, 0.2) is 0 Å². The number of hydrogen-bond donors (Lipinski definition) is 0. The van der Waals surface area contributed by atoms with Gasteiger partial charge in [0.1, 0.15) is 0 Å². The SMILES string of the molecule is CN(Cc1ccoc1)CC(C#N)c1ccccc1.